The molecule has 0 aliphatic heterocycles. The molecule has 0 heterocycles. The molecule has 0 unspecified atom stereocenters. The van der Waals surface area contributed by atoms with Crippen molar-refractivity contribution < 1.29 is 14.4 Å². The number of benzene rings is 1. The molecule has 1 aliphatic carbocycles. The van der Waals surface area contributed by atoms with Gasteiger partial charge in [-0.2, -0.15) is 0 Å². The first-order chi connectivity index (χ1) is 13.4. The minimum atomic E-state index is -0.185. The van der Waals surface area contributed by atoms with Crippen molar-refractivity contribution in [2.45, 2.75) is 77.7 Å². The van der Waals surface area contributed by atoms with Crippen LogP contribution in [0, 0.1) is 5.92 Å². The fraction of sp³-hybridized carbons (Fsp3) is 0.609. The van der Waals surface area contributed by atoms with Crippen LogP contribution in [0.25, 0.3) is 0 Å². The molecule has 1 saturated carbocycles. The molecule has 1 aromatic rings. The van der Waals surface area contributed by atoms with E-state index in [1.165, 1.54) is 24.8 Å². The van der Waals surface area contributed by atoms with Crippen LogP contribution < -0.4 is 10.6 Å². The van der Waals surface area contributed by atoms with Gasteiger partial charge in [0, 0.05) is 37.4 Å². The monoisotopic (exact) mass is 386 g/mol. The van der Waals surface area contributed by atoms with Crippen LogP contribution >= 0.6 is 0 Å². The maximum Gasteiger partial charge on any atom is 0.221 e. The first-order valence-electron chi connectivity index (χ1n) is 10.6. The van der Waals surface area contributed by atoms with Gasteiger partial charge in [-0.1, -0.05) is 57.4 Å². The molecular weight excluding hydrogens is 352 g/mol. The molecule has 154 valence electrons. The minimum Gasteiger partial charge on any atom is -0.356 e. The first kappa shape index (κ1) is 22.1. The van der Waals surface area contributed by atoms with E-state index in [4.69, 9.17) is 0 Å². The Morgan fingerprint density at radius 2 is 1.61 bits per heavy atom. The number of hydrogen-bond acceptors (Lipinski definition) is 3. The summed E-state index contributed by atoms with van der Waals surface area (Å²) in [6.07, 6.45) is 7.33. The van der Waals surface area contributed by atoms with E-state index in [0.29, 0.717) is 24.1 Å². The van der Waals surface area contributed by atoms with Crippen LogP contribution in [0.2, 0.25) is 0 Å². The molecule has 0 bridgehead atoms. The molecular formula is C23H34N2O3. The third-order valence-corrected chi connectivity index (χ3v) is 5.14. The Morgan fingerprint density at radius 1 is 0.929 bits per heavy atom. The molecule has 0 spiro atoms. The van der Waals surface area contributed by atoms with Crippen molar-refractivity contribution in [3.63, 3.8) is 0 Å². The van der Waals surface area contributed by atoms with Crippen molar-refractivity contribution in [2.75, 3.05) is 6.54 Å². The number of ketones is 1. The Morgan fingerprint density at radius 3 is 2.25 bits per heavy atom. The largest absolute Gasteiger partial charge is 0.356 e. The summed E-state index contributed by atoms with van der Waals surface area (Å²) in [6.45, 7) is 4.64. The SMILES string of the molecule is CC(C)Cc1ccc(C(=O)CCC(=O)NCCC(=O)NC2CCCCC2)cc1. The lowest BCUT2D eigenvalue weighted by atomic mass is 9.95. The zero-order valence-electron chi connectivity index (χ0n) is 17.3. The van der Waals surface area contributed by atoms with E-state index in [9.17, 15) is 14.4 Å². The third-order valence-electron chi connectivity index (χ3n) is 5.14. The summed E-state index contributed by atoms with van der Waals surface area (Å²) in [7, 11) is 0. The van der Waals surface area contributed by atoms with Crippen molar-refractivity contribution in [3.8, 4) is 0 Å². The number of Topliss-reactive ketones (excluding diaryl/α,β-unsaturated/α-hetero) is 1. The fourth-order valence-corrected chi connectivity index (χ4v) is 3.62. The number of hydrogen-bond donors (Lipinski definition) is 2. The van der Waals surface area contributed by atoms with Crippen LogP contribution in [-0.2, 0) is 16.0 Å². The predicted molar refractivity (Wildman–Crippen MR) is 111 cm³/mol. The second-order valence-corrected chi connectivity index (χ2v) is 8.22. The van der Waals surface area contributed by atoms with Gasteiger partial charge in [-0.25, -0.2) is 0 Å². The normalized spacial score (nSPS) is 14.7. The summed E-state index contributed by atoms with van der Waals surface area (Å²) in [6, 6.07) is 7.94. The van der Waals surface area contributed by atoms with Gasteiger partial charge in [-0.15, -0.1) is 0 Å². The maximum atomic E-state index is 12.2. The highest BCUT2D eigenvalue weighted by atomic mass is 16.2. The lowest BCUT2D eigenvalue weighted by molar-refractivity contribution is -0.122. The molecule has 5 heteroatoms. The summed E-state index contributed by atoms with van der Waals surface area (Å²) in [5, 5.41) is 5.77. The Balaban J connectivity index is 1.62. The highest BCUT2D eigenvalue weighted by molar-refractivity contribution is 5.98. The van der Waals surface area contributed by atoms with Crippen LogP contribution in [0.3, 0.4) is 0 Å². The Kier molecular flexibility index (Phi) is 9.18. The van der Waals surface area contributed by atoms with Crippen LogP contribution in [-0.4, -0.2) is 30.2 Å². The molecule has 0 aromatic heterocycles. The van der Waals surface area contributed by atoms with E-state index in [1.54, 1.807) is 0 Å². The molecule has 0 radical (unpaired) electrons. The second kappa shape index (κ2) is 11.6. The fourth-order valence-electron chi connectivity index (χ4n) is 3.62. The maximum absolute atomic E-state index is 12.2. The topological polar surface area (TPSA) is 75.3 Å². The minimum absolute atomic E-state index is 0.00948. The molecule has 1 aromatic carbocycles. The standard InChI is InChI=1S/C23H34N2O3/c1-17(2)16-18-8-10-19(11-9-18)21(26)12-13-22(27)24-15-14-23(28)25-20-6-4-3-5-7-20/h8-11,17,20H,3-7,12-16H2,1-2H3,(H,24,27)(H,25,28). The van der Waals surface area contributed by atoms with Gasteiger partial charge >= 0.3 is 0 Å². The van der Waals surface area contributed by atoms with E-state index in [0.717, 1.165) is 19.3 Å². The predicted octanol–water partition coefficient (Wildman–Crippen LogP) is 3.80. The number of nitrogens with one attached hydrogen (secondary N) is 2. The van der Waals surface area contributed by atoms with Crippen molar-refractivity contribution in [1.29, 1.82) is 0 Å². The molecule has 0 atom stereocenters. The van der Waals surface area contributed by atoms with Crippen molar-refractivity contribution in [3.05, 3.63) is 35.4 Å². The molecule has 28 heavy (non-hydrogen) atoms. The smallest absolute Gasteiger partial charge is 0.221 e. The van der Waals surface area contributed by atoms with Gasteiger partial charge in [0.25, 0.3) is 0 Å². The number of carbonyl (C=O) groups excluding carboxylic acids is 3. The van der Waals surface area contributed by atoms with Gasteiger partial charge in [0.05, 0.1) is 0 Å². The van der Waals surface area contributed by atoms with Crippen molar-refractivity contribution in [2.24, 2.45) is 5.92 Å². The quantitative estimate of drug-likeness (QED) is 0.601. The van der Waals surface area contributed by atoms with Crippen molar-refractivity contribution >= 4 is 17.6 Å². The Labute approximate surface area is 168 Å². The van der Waals surface area contributed by atoms with Gasteiger partial charge < -0.3 is 10.6 Å². The molecule has 0 saturated heterocycles. The van der Waals surface area contributed by atoms with E-state index in [2.05, 4.69) is 24.5 Å². The lowest BCUT2D eigenvalue weighted by Crippen LogP contribution is -2.38. The van der Waals surface area contributed by atoms with E-state index < -0.39 is 0 Å². The van der Waals surface area contributed by atoms with Gasteiger partial charge in [0.2, 0.25) is 11.8 Å². The summed E-state index contributed by atoms with van der Waals surface area (Å²) in [4.78, 5) is 36.1. The van der Waals surface area contributed by atoms with E-state index in [1.807, 2.05) is 24.3 Å². The first-order valence-corrected chi connectivity index (χ1v) is 10.6. The van der Waals surface area contributed by atoms with E-state index in [-0.39, 0.29) is 36.9 Å². The van der Waals surface area contributed by atoms with Gasteiger partial charge in [-0.05, 0) is 30.7 Å². The number of rotatable bonds is 10. The van der Waals surface area contributed by atoms with Crippen LogP contribution in [0.1, 0.15) is 81.1 Å². The van der Waals surface area contributed by atoms with Crippen LogP contribution in [0.5, 0.6) is 0 Å². The van der Waals surface area contributed by atoms with Crippen LogP contribution in [0.15, 0.2) is 24.3 Å². The summed E-state index contributed by atoms with van der Waals surface area (Å²) in [5.41, 5.74) is 1.86. The van der Waals surface area contributed by atoms with Gasteiger partial charge in [-0.3, -0.25) is 14.4 Å². The molecule has 5 nitrogen and oxygen atoms in total. The van der Waals surface area contributed by atoms with Crippen molar-refractivity contribution in [1.82, 2.24) is 10.6 Å². The molecule has 2 amide bonds. The zero-order valence-corrected chi connectivity index (χ0v) is 17.3. The average molecular weight is 387 g/mol. The summed E-state index contributed by atoms with van der Waals surface area (Å²) >= 11 is 0. The Hall–Kier alpha value is -2.17. The van der Waals surface area contributed by atoms with Gasteiger partial charge in [0.1, 0.15) is 0 Å². The van der Waals surface area contributed by atoms with Gasteiger partial charge in [0.15, 0.2) is 5.78 Å². The average Bonchev–Trinajstić information content (AvgIpc) is 2.67. The van der Waals surface area contributed by atoms with Crippen LogP contribution in [0.4, 0.5) is 0 Å². The number of amides is 2. The highest BCUT2D eigenvalue weighted by Gasteiger charge is 2.15. The summed E-state index contributed by atoms with van der Waals surface area (Å²) in [5.74, 6) is 0.358. The zero-order chi connectivity index (χ0) is 20.4. The molecule has 1 aliphatic rings. The Bertz CT molecular complexity index is 646. The molecule has 1 fully saturated rings. The second-order valence-electron chi connectivity index (χ2n) is 8.22. The summed E-state index contributed by atoms with van der Waals surface area (Å²) < 4.78 is 0. The number of carbonyl (C=O) groups is 3. The van der Waals surface area contributed by atoms with E-state index >= 15 is 0 Å². The third kappa shape index (κ3) is 8.24. The highest BCUT2D eigenvalue weighted by Crippen LogP contribution is 2.17. The lowest BCUT2D eigenvalue weighted by Gasteiger charge is -2.22. The molecule has 2 rings (SSSR count). The molecule has 2 N–H and O–H groups in total.